The molecule has 0 radical (unpaired) electrons. The van der Waals surface area contributed by atoms with Crippen LogP contribution in [0, 0.1) is 13.8 Å². The van der Waals surface area contributed by atoms with Crippen molar-refractivity contribution in [2.45, 2.75) is 13.8 Å². The Bertz CT molecular complexity index is 723. The summed E-state index contributed by atoms with van der Waals surface area (Å²) in [7, 11) is 0. The van der Waals surface area contributed by atoms with Crippen LogP contribution in [0.15, 0.2) is 60.7 Å². The lowest BCUT2D eigenvalue weighted by atomic mass is 10.1. The van der Waals surface area contributed by atoms with Crippen molar-refractivity contribution in [1.82, 2.24) is 0 Å². The number of fused-ring (bicyclic) bond motifs is 1. The summed E-state index contributed by atoms with van der Waals surface area (Å²) >= 11 is 0. The van der Waals surface area contributed by atoms with Crippen molar-refractivity contribution in [1.29, 1.82) is 0 Å². The molecule has 0 unspecified atom stereocenters. The van der Waals surface area contributed by atoms with Gasteiger partial charge in [0, 0.05) is 16.8 Å². The molecular formula is C18H17N. The number of rotatable bonds is 2. The normalized spacial score (nSPS) is 10.6. The van der Waals surface area contributed by atoms with Crippen molar-refractivity contribution in [3.63, 3.8) is 0 Å². The lowest BCUT2D eigenvalue weighted by molar-refractivity contribution is 1.33. The molecule has 0 bridgehead atoms. The average Bonchev–Trinajstić information content (AvgIpc) is 2.44. The quantitative estimate of drug-likeness (QED) is 0.656. The summed E-state index contributed by atoms with van der Waals surface area (Å²) in [4.78, 5) is 0. The fourth-order valence-electron chi connectivity index (χ4n) is 2.37. The first kappa shape index (κ1) is 11.8. The monoisotopic (exact) mass is 247 g/mol. The summed E-state index contributed by atoms with van der Waals surface area (Å²) in [6, 6.07) is 21.2. The molecule has 3 rings (SSSR count). The minimum Gasteiger partial charge on any atom is -0.355 e. The second-order valence-electron chi connectivity index (χ2n) is 4.90. The Hall–Kier alpha value is -2.28. The van der Waals surface area contributed by atoms with Crippen molar-refractivity contribution < 1.29 is 0 Å². The maximum Gasteiger partial charge on any atom is 0.0463 e. The van der Waals surface area contributed by atoms with Gasteiger partial charge in [-0.15, -0.1) is 0 Å². The fourth-order valence-corrected chi connectivity index (χ4v) is 2.37. The summed E-state index contributed by atoms with van der Waals surface area (Å²) in [6.45, 7) is 4.30. The largest absolute Gasteiger partial charge is 0.355 e. The summed E-state index contributed by atoms with van der Waals surface area (Å²) in [6.07, 6.45) is 0. The van der Waals surface area contributed by atoms with Gasteiger partial charge in [-0.3, -0.25) is 0 Å². The van der Waals surface area contributed by atoms with Gasteiger partial charge in [0.15, 0.2) is 0 Å². The van der Waals surface area contributed by atoms with Gasteiger partial charge < -0.3 is 5.32 Å². The molecule has 0 aliphatic heterocycles. The van der Waals surface area contributed by atoms with E-state index < -0.39 is 0 Å². The lowest BCUT2D eigenvalue weighted by Gasteiger charge is -2.13. The molecule has 0 fully saturated rings. The van der Waals surface area contributed by atoms with E-state index in [0.717, 1.165) is 5.69 Å². The van der Waals surface area contributed by atoms with Crippen LogP contribution in [-0.4, -0.2) is 0 Å². The van der Waals surface area contributed by atoms with Crippen molar-refractivity contribution in [2.75, 3.05) is 5.32 Å². The molecule has 0 atom stereocenters. The first-order chi connectivity index (χ1) is 9.25. The second kappa shape index (κ2) is 4.77. The van der Waals surface area contributed by atoms with Gasteiger partial charge in [-0.05, 0) is 42.5 Å². The standard InChI is InChI=1S/C18H17N/c1-13-7-5-11-17(14(13)2)19-18-12-6-9-15-8-3-4-10-16(15)18/h3-12,19H,1-2H3. The van der Waals surface area contributed by atoms with Gasteiger partial charge in [0.25, 0.3) is 0 Å². The van der Waals surface area contributed by atoms with E-state index in [1.54, 1.807) is 0 Å². The Balaban J connectivity index is 2.09. The number of nitrogens with one attached hydrogen (secondary N) is 1. The molecule has 0 heterocycles. The van der Waals surface area contributed by atoms with Crippen molar-refractivity contribution in [3.05, 3.63) is 71.8 Å². The molecule has 0 amide bonds. The molecule has 94 valence electrons. The fraction of sp³-hybridized carbons (Fsp3) is 0.111. The summed E-state index contributed by atoms with van der Waals surface area (Å²) in [5.74, 6) is 0. The third kappa shape index (κ3) is 2.19. The smallest absolute Gasteiger partial charge is 0.0463 e. The van der Waals surface area contributed by atoms with E-state index in [4.69, 9.17) is 0 Å². The maximum atomic E-state index is 3.56. The van der Waals surface area contributed by atoms with E-state index in [-0.39, 0.29) is 0 Å². The van der Waals surface area contributed by atoms with E-state index >= 15 is 0 Å². The van der Waals surface area contributed by atoms with Gasteiger partial charge in [0.2, 0.25) is 0 Å². The van der Waals surface area contributed by atoms with Crippen LogP contribution in [0.4, 0.5) is 11.4 Å². The van der Waals surface area contributed by atoms with Gasteiger partial charge >= 0.3 is 0 Å². The molecule has 1 nitrogen and oxygen atoms in total. The molecule has 0 aliphatic rings. The first-order valence-corrected chi connectivity index (χ1v) is 6.57. The van der Waals surface area contributed by atoms with Gasteiger partial charge in [-0.1, -0.05) is 48.5 Å². The van der Waals surface area contributed by atoms with Crippen molar-refractivity contribution in [2.24, 2.45) is 0 Å². The zero-order valence-electron chi connectivity index (χ0n) is 11.3. The SMILES string of the molecule is Cc1cccc(Nc2cccc3ccccc23)c1C. The van der Waals surface area contributed by atoms with Crippen LogP contribution in [0.1, 0.15) is 11.1 Å². The third-order valence-electron chi connectivity index (χ3n) is 3.66. The zero-order valence-corrected chi connectivity index (χ0v) is 11.3. The van der Waals surface area contributed by atoms with Gasteiger partial charge in [-0.25, -0.2) is 0 Å². The Labute approximate surface area is 113 Å². The number of hydrogen-bond acceptors (Lipinski definition) is 1. The van der Waals surface area contributed by atoms with Crippen molar-refractivity contribution >= 4 is 22.1 Å². The topological polar surface area (TPSA) is 12.0 Å². The maximum absolute atomic E-state index is 3.56. The predicted octanol–water partition coefficient (Wildman–Crippen LogP) is 5.20. The van der Waals surface area contributed by atoms with Crippen LogP contribution in [0.3, 0.4) is 0 Å². The van der Waals surface area contributed by atoms with Gasteiger partial charge in [0.05, 0.1) is 0 Å². The Morgan fingerprint density at radius 3 is 2.26 bits per heavy atom. The average molecular weight is 247 g/mol. The molecule has 0 aliphatic carbocycles. The summed E-state index contributed by atoms with van der Waals surface area (Å²) in [5.41, 5.74) is 4.95. The van der Waals surface area contributed by atoms with Crippen molar-refractivity contribution in [3.8, 4) is 0 Å². The van der Waals surface area contributed by atoms with E-state index in [2.05, 4.69) is 79.8 Å². The van der Waals surface area contributed by atoms with Gasteiger partial charge in [-0.2, -0.15) is 0 Å². The molecule has 19 heavy (non-hydrogen) atoms. The number of aryl methyl sites for hydroxylation is 1. The molecular weight excluding hydrogens is 230 g/mol. The molecule has 0 saturated heterocycles. The molecule has 1 N–H and O–H groups in total. The third-order valence-corrected chi connectivity index (χ3v) is 3.66. The molecule has 0 aromatic heterocycles. The Morgan fingerprint density at radius 1 is 0.684 bits per heavy atom. The highest BCUT2D eigenvalue weighted by atomic mass is 14.9. The molecule has 3 aromatic rings. The highest BCUT2D eigenvalue weighted by molar-refractivity contribution is 5.95. The predicted molar refractivity (Wildman–Crippen MR) is 83.1 cm³/mol. The minimum absolute atomic E-state index is 1.16. The van der Waals surface area contributed by atoms with E-state index in [0.29, 0.717) is 0 Å². The van der Waals surface area contributed by atoms with Crippen LogP contribution in [0.25, 0.3) is 10.8 Å². The highest BCUT2D eigenvalue weighted by Crippen LogP contribution is 2.28. The Kier molecular flexibility index (Phi) is 2.96. The molecule has 3 aromatic carbocycles. The van der Waals surface area contributed by atoms with Crippen LogP contribution in [-0.2, 0) is 0 Å². The summed E-state index contributed by atoms with van der Waals surface area (Å²) < 4.78 is 0. The Morgan fingerprint density at radius 2 is 1.37 bits per heavy atom. The zero-order chi connectivity index (χ0) is 13.2. The van der Waals surface area contributed by atoms with E-state index in [1.165, 1.54) is 27.6 Å². The number of anilines is 2. The van der Waals surface area contributed by atoms with Crippen LogP contribution >= 0.6 is 0 Å². The number of benzene rings is 3. The number of hydrogen-bond donors (Lipinski definition) is 1. The van der Waals surface area contributed by atoms with E-state index in [1.807, 2.05) is 0 Å². The lowest BCUT2D eigenvalue weighted by Crippen LogP contribution is -1.95. The first-order valence-electron chi connectivity index (χ1n) is 6.57. The van der Waals surface area contributed by atoms with Crippen LogP contribution in [0.5, 0.6) is 0 Å². The second-order valence-corrected chi connectivity index (χ2v) is 4.90. The highest BCUT2D eigenvalue weighted by Gasteiger charge is 2.03. The molecule has 1 heteroatoms. The van der Waals surface area contributed by atoms with E-state index in [9.17, 15) is 0 Å². The summed E-state index contributed by atoms with van der Waals surface area (Å²) in [5, 5.41) is 6.07. The van der Waals surface area contributed by atoms with Gasteiger partial charge in [0.1, 0.15) is 0 Å². The van der Waals surface area contributed by atoms with Crippen LogP contribution in [0.2, 0.25) is 0 Å². The molecule has 0 saturated carbocycles. The van der Waals surface area contributed by atoms with Crippen LogP contribution < -0.4 is 5.32 Å². The molecule has 0 spiro atoms. The minimum atomic E-state index is 1.16.